The molecule has 0 radical (unpaired) electrons. The van der Waals surface area contributed by atoms with E-state index < -0.39 is 0 Å². The Morgan fingerprint density at radius 2 is 1.00 bits per heavy atom. The minimum atomic E-state index is 0.367. The normalized spacial score (nSPS) is 14.2. The van der Waals surface area contributed by atoms with Crippen LogP contribution in [0.1, 0.15) is 37.1 Å². The van der Waals surface area contributed by atoms with Crippen molar-refractivity contribution in [3.8, 4) is 0 Å². The van der Waals surface area contributed by atoms with E-state index in [2.05, 4.69) is 79.8 Å². The Morgan fingerprint density at radius 1 is 0.647 bits per heavy atom. The van der Waals surface area contributed by atoms with Gasteiger partial charge in [0.05, 0.1) is 0 Å². The average Bonchev–Trinajstić information content (AvgIpc) is 2.40. The van der Waals surface area contributed by atoms with Crippen LogP contribution in [-0.4, -0.2) is 0 Å². The third-order valence-corrected chi connectivity index (χ3v) is 3.10. The molecule has 88 valence electrons. The highest BCUT2D eigenvalue weighted by Gasteiger charge is 2.09. The van der Waals surface area contributed by atoms with E-state index in [1.807, 2.05) is 0 Å². The van der Waals surface area contributed by atoms with Crippen LogP contribution >= 0.6 is 0 Å². The summed E-state index contributed by atoms with van der Waals surface area (Å²) in [5.41, 5.74) is 2.66. The zero-order valence-corrected chi connectivity index (χ0v) is 10.4. The molecular weight excluding hydrogens is 206 g/mol. The molecule has 2 atom stereocenters. The Kier molecular flexibility index (Phi) is 3.94. The number of hydrogen-bond acceptors (Lipinski definition) is 1. The van der Waals surface area contributed by atoms with Gasteiger partial charge in [0.2, 0.25) is 0 Å². The van der Waals surface area contributed by atoms with Crippen molar-refractivity contribution in [3.63, 3.8) is 0 Å². The van der Waals surface area contributed by atoms with Gasteiger partial charge in [-0.15, -0.1) is 0 Å². The van der Waals surface area contributed by atoms with Gasteiger partial charge in [0.15, 0.2) is 0 Å². The molecule has 0 fully saturated rings. The Hall–Kier alpha value is -1.60. The minimum absolute atomic E-state index is 0.367. The highest BCUT2D eigenvalue weighted by Crippen LogP contribution is 2.18. The van der Waals surface area contributed by atoms with Crippen LogP contribution in [0.4, 0.5) is 0 Å². The zero-order chi connectivity index (χ0) is 12.1. The molecule has 0 aliphatic rings. The number of hydrogen-bond donors (Lipinski definition) is 1. The molecule has 2 aromatic carbocycles. The molecule has 17 heavy (non-hydrogen) atoms. The van der Waals surface area contributed by atoms with Gasteiger partial charge in [-0.1, -0.05) is 60.7 Å². The van der Waals surface area contributed by atoms with E-state index in [9.17, 15) is 0 Å². The number of nitrogens with one attached hydrogen (secondary N) is 1. The first-order valence-corrected chi connectivity index (χ1v) is 6.13. The topological polar surface area (TPSA) is 12.0 Å². The fourth-order valence-corrected chi connectivity index (χ4v) is 2.05. The van der Waals surface area contributed by atoms with E-state index in [0.29, 0.717) is 12.1 Å². The van der Waals surface area contributed by atoms with Crippen LogP contribution < -0.4 is 5.32 Å². The molecule has 1 unspecified atom stereocenters. The smallest absolute Gasteiger partial charge is 0.0297 e. The fraction of sp³-hybridized carbons (Fsp3) is 0.250. The molecule has 0 aromatic heterocycles. The third-order valence-electron chi connectivity index (χ3n) is 3.10. The van der Waals surface area contributed by atoms with Gasteiger partial charge in [-0.05, 0) is 25.0 Å². The first-order chi connectivity index (χ1) is 8.27. The molecule has 0 saturated heterocycles. The highest BCUT2D eigenvalue weighted by molar-refractivity contribution is 5.21. The lowest BCUT2D eigenvalue weighted by Gasteiger charge is -2.20. The van der Waals surface area contributed by atoms with Crippen molar-refractivity contribution in [1.82, 2.24) is 5.32 Å². The lowest BCUT2D eigenvalue weighted by atomic mass is 10.0. The Bertz CT molecular complexity index is 392. The highest BCUT2D eigenvalue weighted by atomic mass is 14.9. The van der Waals surface area contributed by atoms with E-state index in [0.717, 1.165) is 0 Å². The van der Waals surface area contributed by atoms with Crippen LogP contribution in [-0.2, 0) is 0 Å². The summed E-state index contributed by atoms with van der Waals surface area (Å²) >= 11 is 0. The number of rotatable bonds is 4. The number of benzene rings is 2. The Morgan fingerprint density at radius 3 is 1.35 bits per heavy atom. The first kappa shape index (κ1) is 11.9. The summed E-state index contributed by atoms with van der Waals surface area (Å²) in [6.07, 6.45) is 0. The molecule has 2 aromatic rings. The molecular formula is C16H19N. The van der Waals surface area contributed by atoms with Gasteiger partial charge in [0.25, 0.3) is 0 Å². The second kappa shape index (κ2) is 5.65. The van der Waals surface area contributed by atoms with Crippen molar-refractivity contribution in [2.45, 2.75) is 25.9 Å². The summed E-state index contributed by atoms with van der Waals surface area (Å²) in [5, 5.41) is 3.61. The Labute approximate surface area is 103 Å². The van der Waals surface area contributed by atoms with Crippen LogP contribution in [0.15, 0.2) is 60.7 Å². The van der Waals surface area contributed by atoms with Crippen molar-refractivity contribution >= 4 is 0 Å². The van der Waals surface area contributed by atoms with Crippen LogP contribution in [0.25, 0.3) is 0 Å². The van der Waals surface area contributed by atoms with Crippen molar-refractivity contribution < 1.29 is 0 Å². The lowest BCUT2D eigenvalue weighted by Crippen LogP contribution is -2.22. The zero-order valence-electron chi connectivity index (χ0n) is 10.4. The van der Waals surface area contributed by atoms with Gasteiger partial charge < -0.3 is 5.32 Å². The quantitative estimate of drug-likeness (QED) is 0.826. The maximum atomic E-state index is 3.61. The summed E-state index contributed by atoms with van der Waals surface area (Å²) in [4.78, 5) is 0. The van der Waals surface area contributed by atoms with Gasteiger partial charge in [-0.2, -0.15) is 0 Å². The van der Waals surface area contributed by atoms with Crippen LogP contribution in [0.2, 0.25) is 0 Å². The standard InChI is InChI=1S/C16H19N/c1-13(15-9-5-3-6-10-15)17-14(2)16-11-7-4-8-12-16/h3-14,17H,1-2H3/t13-,14?/m1/s1. The monoisotopic (exact) mass is 225 g/mol. The Balaban J connectivity index is 2.02. The van der Waals surface area contributed by atoms with Gasteiger partial charge in [0, 0.05) is 12.1 Å². The first-order valence-electron chi connectivity index (χ1n) is 6.13. The van der Waals surface area contributed by atoms with Crippen molar-refractivity contribution in [3.05, 3.63) is 71.8 Å². The van der Waals surface area contributed by atoms with E-state index in [1.165, 1.54) is 11.1 Å². The van der Waals surface area contributed by atoms with Crippen LogP contribution in [0.5, 0.6) is 0 Å². The van der Waals surface area contributed by atoms with Crippen molar-refractivity contribution in [1.29, 1.82) is 0 Å². The van der Waals surface area contributed by atoms with Gasteiger partial charge in [-0.3, -0.25) is 0 Å². The summed E-state index contributed by atoms with van der Waals surface area (Å²) in [7, 11) is 0. The van der Waals surface area contributed by atoms with Gasteiger partial charge in [-0.25, -0.2) is 0 Å². The SMILES string of the molecule is CC(N[C@H](C)c1ccccc1)c1ccccc1. The molecule has 0 aliphatic carbocycles. The van der Waals surface area contributed by atoms with Gasteiger partial charge >= 0.3 is 0 Å². The van der Waals surface area contributed by atoms with E-state index >= 15 is 0 Å². The molecule has 0 spiro atoms. The molecule has 0 amide bonds. The minimum Gasteiger partial charge on any atom is -0.304 e. The largest absolute Gasteiger partial charge is 0.304 e. The van der Waals surface area contributed by atoms with E-state index in [4.69, 9.17) is 0 Å². The average molecular weight is 225 g/mol. The lowest BCUT2D eigenvalue weighted by molar-refractivity contribution is 0.495. The summed E-state index contributed by atoms with van der Waals surface area (Å²) in [6.45, 7) is 4.41. The summed E-state index contributed by atoms with van der Waals surface area (Å²) in [6, 6.07) is 21.8. The molecule has 1 nitrogen and oxygen atoms in total. The summed E-state index contributed by atoms with van der Waals surface area (Å²) < 4.78 is 0. The fourth-order valence-electron chi connectivity index (χ4n) is 2.05. The second-order valence-electron chi connectivity index (χ2n) is 4.43. The molecule has 2 rings (SSSR count). The van der Waals surface area contributed by atoms with Crippen molar-refractivity contribution in [2.75, 3.05) is 0 Å². The van der Waals surface area contributed by atoms with Crippen LogP contribution in [0, 0.1) is 0 Å². The maximum absolute atomic E-state index is 3.61. The third kappa shape index (κ3) is 3.18. The molecule has 0 aliphatic heterocycles. The van der Waals surface area contributed by atoms with E-state index in [1.54, 1.807) is 0 Å². The maximum Gasteiger partial charge on any atom is 0.0297 e. The molecule has 0 heterocycles. The predicted octanol–water partition coefficient (Wildman–Crippen LogP) is 4.10. The van der Waals surface area contributed by atoms with Crippen molar-refractivity contribution in [2.24, 2.45) is 0 Å². The summed E-state index contributed by atoms with van der Waals surface area (Å²) in [5.74, 6) is 0. The van der Waals surface area contributed by atoms with Crippen LogP contribution in [0.3, 0.4) is 0 Å². The van der Waals surface area contributed by atoms with E-state index in [-0.39, 0.29) is 0 Å². The second-order valence-corrected chi connectivity index (χ2v) is 4.43. The predicted molar refractivity (Wildman–Crippen MR) is 72.8 cm³/mol. The molecule has 0 saturated carbocycles. The molecule has 1 heteroatoms. The molecule has 0 bridgehead atoms. The molecule has 1 N–H and O–H groups in total. The van der Waals surface area contributed by atoms with Gasteiger partial charge in [0.1, 0.15) is 0 Å².